The van der Waals surface area contributed by atoms with Crippen molar-refractivity contribution in [2.45, 2.75) is 0 Å². The van der Waals surface area contributed by atoms with Gasteiger partial charge in [0.05, 0.1) is 0 Å². The molecule has 0 radical (unpaired) electrons. The van der Waals surface area contributed by atoms with Crippen molar-refractivity contribution in [2.24, 2.45) is 0 Å². The van der Waals surface area contributed by atoms with E-state index in [4.69, 9.17) is 5.73 Å². The number of nitrogens with zero attached hydrogens (tertiary/aromatic N) is 1. The highest BCUT2D eigenvalue weighted by Crippen LogP contribution is 2.12. The smallest absolute Gasteiger partial charge is 0.152 e. The topological polar surface area (TPSA) is 56.0 Å². The van der Waals surface area contributed by atoms with Gasteiger partial charge in [-0.25, -0.2) is 4.98 Å². The average molecular weight is 201 g/mol. The van der Waals surface area contributed by atoms with E-state index in [1.807, 2.05) is 0 Å². The van der Waals surface area contributed by atoms with E-state index in [2.05, 4.69) is 20.9 Å². The van der Waals surface area contributed by atoms with E-state index in [0.29, 0.717) is 16.0 Å². The van der Waals surface area contributed by atoms with Crippen LogP contribution in [0, 0.1) is 0 Å². The normalized spacial score (nSPS) is 9.30. The van der Waals surface area contributed by atoms with Crippen LogP contribution in [-0.4, -0.2) is 11.3 Å². The summed E-state index contributed by atoms with van der Waals surface area (Å²) in [6, 6.07) is 3.19. The van der Waals surface area contributed by atoms with Gasteiger partial charge < -0.3 is 5.73 Å². The van der Waals surface area contributed by atoms with Gasteiger partial charge in [-0.15, -0.1) is 0 Å². The summed E-state index contributed by atoms with van der Waals surface area (Å²) in [4.78, 5) is 14.0. The van der Waals surface area contributed by atoms with Gasteiger partial charge in [-0.05, 0) is 28.1 Å². The van der Waals surface area contributed by atoms with Crippen LogP contribution in [0.15, 0.2) is 16.7 Å². The van der Waals surface area contributed by atoms with Crippen LogP contribution < -0.4 is 5.73 Å². The Labute approximate surface area is 66.4 Å². The maximum absolute atomic E-state index is 10.2. The van der Waals surface area contributed by atoms with Gasteiger partial charge in [0.15, 0.2) is 6.29 Å². The predicted molar refractivity (Wildman–Crippen MR) is 41.7 cm³/mol. The number of rotatable bonds is 1. The van der Waals surface area contributed by atoms with Crippen molar-refractivity contribution in [1.29, 1.82) is 0 Å². The van der Waals surface area contributed by atoms with Crippen LogP contribution in [-0.2, 0) is 0 Å². The monoisotopic (exact) mass is 200 g/mol. The molecule has 52 valence electrons. The van der Waals surface area contributed by atoms with E-state index in [1.54, 1.807) is 12.1 Å². The van der Waals surface area contributed by atoms with Crippen LogP contribution in [0.3, 0.4) is 0 Å². The van der Waals surface area contributed by atoms with Crippen molar-refractivity contribution >= 4 is 28.0 Å². The lowest BCUT2D eigenvalue weighted by atomic mass is 10.3. The fourth-order valence-electron chi connectivity index (χ4n) is 0.547. The molecule has 0 aromatic carbocycles. The second kappa shape index (κ2) is 2.79. The summed E-state index contributed by atoms with van der Waals surface area (Å²) >= 11 is 3.08. The number of aromatic nitrogens is 1. The molecule has 0 amide bonds. The number of nitrogen functional groups attached to an aromatic ring is 1. The molecule has 0 bridgehead atoms. The van der Waals surface area contributed by atoms with Crippen LogP contribution in [0.5, 0.6) is 0 Å². The van der Waals surface area contributed by atoms with Crippen molar-refractivity contribution in [3.63, 3.8) is 0 Å². The number of pyridine rings is 1. The molecular formula is C6H5BrN2O. The summed E-state index contributed by atoms with van der Waals surface area (Å²) in [7, 11) is 0. The van der Waals surface area contributed by atoms with Gasteiger partial charge in [0, 0.05) is 5.56 Å². The molecule has 0 aliphatic carbocycles. The highest BCUT2D eigenvalue weighted by atomic mass is 79.9. The van der Waals surface area contributed by atoms with E-state index >= 15 is 0 Å². The first kappa shape index (κ1) is 7.21. The number of halogens is 1. The Bertz CT molecular complexity index is 262. The molecule has 0 unspecified atom stereocenters. The minimum Gasteiger partial charge on any atom is -0.384 e. The zero-order valence-electron chi connectivity index (χ0n) is 5.04. The van der Waals surface area contributed by atoms with Crippen molar-refractivity contribution in [3.8, 4) is 0 Å². The van der Waals surface area contributed by atoms with Crippen LogP contribution in [0.25, 0.3) is 0 Å². The summed E-state index contributed by atoms with van der Waals surface area (Å²) in [5.74, 6) is 0.400. The highest BCUT2D eigenvalue weighted by Gasteiger charge is 1.97. The Morgan fingerprint density at radius 3 is 2.80 bits per heavy atom. The molecule has 1 heterocycles. The Morgan fingerprint density at radius 1 is 1.60 bits per heavy atom. The van der Waals surface area contributed by atoms with Gasteiger partial charge in [-0.3, -0.25) is 4.79 Å². The molecular weight excluding hydrogens is 196 g/mol. The third-order valence-corrected chi connectivity index (χ3v) is 1.66. The molecule has 3 nitrogen and oxygen atoms in total. The molecule has 1 aromatic heterocycles. The quantitative estimate of drug-likeness (QED) is 0.549. The lowest BCUT2D eigenvalue weighted by molar-refractivity contribution is 0.112. The zero-order chi connectivity index (χ0) is 7.56. The lowest BCUT2D eigenvalue weighted by Gasteiger charge is -1.94. The van der Waals surface area contributed by atoms with E-state index in [0.717, 1.165) is 6.29 Å². The van der Waals surface area contributed by atoms with Crippen LogP contribution in [0.4, 0.5) is 5.82 Å². The number of hydrogen-bond donors (Lipinski definition) is 1. The van der Waals surface area contributed by atoms with Crippen LogP contribution in [0.2, 0.25) is 0 Å². The second-order valence-electron chi connectivity index (χ2n) is 1.73. The van der Waals surface area contributed by atoms with Crippen LogP contribution in [0.1, 0.15) is 10.4 Å². The third kappa shape index (κ3) is 1.33. The fourth-order valence-corrected chi connectivity index (χ4v) is 0.977. The van der Waals surface area contributed by atoms with E-state index in [9.17, 15) is 4.79 Å². The minimum absolute atomic E-state index is 0.400. The van der Waals surface area contributed by atoms with Gasteiger partial charge in [0.2, 0.25) is 0 Å². The molecule has 0 saturated carbocycles. The third-order valence-electron chi connectivity index (χ3n) is 1.03. The molecule has 10 heavy (non-hydrogen) atoms. The average Bonchev–Trinajstić information content (AvgIpc) is 1.88. The molecule has 1 rings (SSSR count). The van der Waals surface area contributed by atoms with E-state index in [1.165, 1.54) is 0 Å². The summed E-state index contributed by atoms with van der Waals surface area (Å²) in [5.41, 5.74) is 5.83. The maximum atomic E-state index is 10.2. The van der Waals surface area contributed by atoms with Gasteiger partial charge >= 0.3 is 0 Å². The largest absolute Gasteiger partial charge is 0.384 e. The number of carbonyl (C=O) groups excluding carboxylic acids is 1. The van der Waals surface area contributed by atoms with Gasteiger partial charge in [-0.1, -0.05) is 0 Å². The molecule has 1 aromatic rings. The van der Waals surface area contributed by atoms with Crippen LogP contribution >= 0.6 is 15.9 Å². The molecule has 0 aliphatic rings. The van der Waals surface area contributed by atoms with Crippen molar-refractivity contribution in [2.75, 3.05) is 5.73 Å². The number of carbonyl (C=O) groups is 1. The molecule has 0 spiro atoms. The minimum atomic E-state index is 0.400. The number of anilines is 1. The summed E-state index contributed by atoms with van der Waals surface area (Å²) < 4.78 is 0.488. The SMILES string of the molecule is Nc1ccc(C=O)c(Br)n1. The second-order valence-corrected chi connectivity index (χ2v) is 2.49. The molecule has 0 fully saturated rings. The van der Waals surface area contributed by atoms with Crippen molar-refractivity contribution in [1.82, 2.24) is 4.98 Å². The Balaban J connectivity index is 3.19. The molecule has 0 atom stereocenters. The van der Waals surface area contributed by atoms with Gasteiger partial charge in [-0.2, -0.15) is 0 Å². The Morgan fingerprint density at radius 2 is 2.30 bits per heavy atom. The van der Waals surface area contributed by atoms with E-state index in [-0.39, 0.29) is 0 Å². The van der Waals surface area contributed by atoms with Gasteiger partial charge in [0.25, 0.3) is 0 Å². The highest BCUT2D eigenvalue weighted by molar-refractivity contribution is 9.10. The Kier molecular flexibility index (Phi) is 2.01. The molecule has 0 saturated heterocycles. The standard InChI is InChI=1S/C6H5BrN2O/c7-6-4(3-10)1-2-5(8)9-6/h1-3H,(H2,8,9). The first-order valence-electron chi connectivity index (χ1n) is 2.61. The fraction of sp³-hybridized carbons (Fsp3) is 0. The molecule has 4 heteroatoms. The predicted octanol–water partition coefficient (Wildman–Crippen LogP) is 1.24. The molecule has 0 aliphatic heterocycles. The number of hydrogen-bond acceptors (Lipinski definition) is 3. The number of aldehydes is 1. The first-order valence-corrected chi connectivity index (χ1v) is 3.40. The van der Waals surface area contributed by atoms with Crippen molar-refractivity contribution < 1.29 is 4.79 Å². The zero-order valence-corrected chi connectivity index (χ0v) is 6.63. The summed E-state index contributed by atoms with van der Waals surface area (Å²) in [5, 5.41) is 0. The molecule has 2 N–H and O–H groups in total. The maximum Gasteiger partial charge on any atom is 0.152 e. The van der Waals surface area contributed by atoms with Gasteiger partial charge in [0.1, 0.15) is 10.4 Å². The van der Waals surface area contributed by atoms with E-state index < -0.39 is 0 Å². The lowest BCUT2D eigenvalue weighted by Crippen LogP contribution is -1.92. The number of nitrogens with two attached hydrogens (primary N) is 1. The summed E-state index contributed by atoms with van der Waals surface area (Å²) in [6.07, 6.45) is 0.719. The summed E-state index contributed by atoms with van der Waals surface area (Å²) in [6.45, 7) is 0. The Hall–Kier alpha value is -0.900. The first-order chi connectivity index (χ1) is 4.74. The van der Waals surface area contributed by atoms with Crippen molar-refractivity contribution in [3.05, 3.63) is 22.3 Å².